The molecular weight excluding hydrogens is 312 g/mol. The maximum absolute atomic E-state index is 12.9. The Balaban J connectivity index is 1.43. The van der Waals surface area contributed by atoms with E-state index in [1.165, 1.54) is 25.7 Å². The van der Waals surface area contributed by atoms with Crippen molar-refractivity contribution in [2.75, 3.05) is 24.5 Å². The first-order valence-electron chi connectivity index (χ1n) is 9.92. The highest BCUT2D eigenvalue weighted by Crippen LogP contribution is 2.36. The lowest BCUT2D eigenvalue weighted by molar-refractivity contribution is -0.119. The molecule has 2 heterocycles. The lowest BCUT2D eigenvalue weighted by Gasteiger charge is -2.41. The molecule has 1 aromatic carbocycles. The zero-order valence-electron chi connectivity index (χ0n) is 15.0. The van der Waals surface area contributed by atoms with Gasteiger partial charge in [0, 0.05) is 37.3 Å². The molecule has 0 aromatic heterocycles. The van der Waals surface area contributed by atoms with Crippen LogP contribution in [0.25, 0.3) is 0 Å². The van der Waals surface area contributed by atoms with Gasteiger partial charge in [-0.1, -0.05) is 19.3 Å². The SMILES string of the molecule is O=C(c1ccc(N2CCCCC2=O)cc1)N1CC[C@@H]2CCCC[C@@H]2C1. The number of benzene rings is 1. The third kappa shape index (κ3) is 3.44. The molecule has 1 aromatic rings. The predicted octanol–water partition coefficient (Wildman–Crippen LogP) is 3.86. The van der Waals surface area contributed by atoms with E-state index >= 15 is 0 Å². The third-order valence-corrected chi connectivity index (χ3v) is 6.33. The van der Waals surface area contributed by atoms with E-state index in [0.29, 0.717) is 12.3 Å². The van der Waals surface area contributed by atoms with Gasteiger partial charge in [-0.3, -0.25) is 9.59 Å². The average molecular weight is 340 g/mol. The molecule has 1 aliphatic carbocycles. The highest BCUT2D eigenvalue weighted by molar-refractivity contribution is 5.97. The summed E-state index contributed by atoms with van der Waals surface area (Å²) in [5, 5.41) is 0. The summed E-state index contributed by atoms with van der Waals surface area (Å²) >= 11 is 0. The maximum atomic E-state index is 12.9. The van der Waals surface area contributed by atoms with Crippen molar-refractivity contribution in [1.82, 2.24) is 4.90 Å². The Morgan fingerprint density at radius 3 is 2.40 bits per heavy atom. The average Bonchev–Trinajstić information content (AvgIpc) is 2.67. The van der Waals surface area contributed by atoms with Crippen LogP contribution in [0.3, 0.4) is 0 Å². The summed E-state index contributed by atoms with van der Waals surface area (Å²) in [6.45, 7) is 2.61. The van der Waals surface area contributed by atoms with Gasteiger partial charge in [-0.15, -0.1) is 0 Å². The molecule has 4 heteroatoms. The first kappa shape index (κ1) is 16.6. The Hall–Kier alpha value is -1.84. The number of piperidine rings is 2. The molecule has 2 saturated heterocycles. The molecule has 0 unspecified atom stereocenters. The molecule has 3 fully saturated rings. The number of carbonyl (C=O) groups excluding carboxylic acids is 2. The van der Waals surface area contributed by atoms with Crippen molar-refractivity contribution in [1.29, 1.82) is 0 Å². The fraction of sp³-hybridized carbons (Fsp3) is 0.619. The predicted molar refractivity (Wildman–Crippen MR) is 98.6 cm³/mol. The van der Waals surface area contributed by atoms with Gasteiger partial charge in [0.15, 0.2) is 0 Å². The van der Waals surface area contributed by atoms with Gasteiger partial charge in [-0.05, 0) is 61.8 Å². The van der Waals surface area contributed by atoms with E-state index in [2.05, 4.69) is 0 Å². The van der Waals surface area contributed by atoms with E-state index in [9.17, 15) is 9.59 Å². The number of rotatable bonds is 2. The summed E-state index contributed by atoms with van der Waals surface area (Å²) < 4.78 is 0. The van der Waals surface area contributed by atoms with Crippen molar-refractivity contribution in [3.05, 3.63) is 29.8 Å². The lowest BCUT2D eigenvalue weighted by atomic mass is 9.75. The van der Waals surface area contributed by atoms with Crippen molar-refractivity contribution < 1.29 is 9.59 Å². The Morgan fingerprint density at radius 2 is 1.64 bits per heavy atom. The van der Waals surface area contributed by atoms with Crippen LogP contribution in [0.5, 0.6) is 0 Å². The van der Waals surface area contributed by atoms with Crippen LogP contribution in [-0.2, 0) is 4.79 Å². The zero-order valence-corrected chi connectivity index (χ0v) is 15.0. The van der Waals surface area contributed by atoms with Crippen LogP contribution in [0.1, 0.15) is 61.7 Å². The highest BCUT2D eigenvalue weighted by Gasteiger charge is 2.33. The summed E-state index contributed by atoms with van der Waals surface area (Å²) in [5.41, 5.74) is 1.68. The molecule has 2 atom stereocenters. The third-order valence-electron chi connectivity index (χ3n) is 6.33. The van der Waals surface area contributed by atoms with Gasteiger partial charge in [0.2, 0.25) is 5.91 Å². The van der Waals surface area contributed by atoms with Crippen LogP contribution >= 0.6 is 0 Å². The normalized spacial score (nSPS) is 27.1. The molecule has 25 heavy (non-hydrogen) atoms. The summed E-state index contributed by atoms with van der Waals surface area (Å²) in [7, 11) is 0. The smallest absolute Gasteiger partial charge is 0.253 e. The largest absolute Gasteiger partial charge is 0.338 e. The number of fused-ring (bicyclic) bond motifs is 1. The number of hydrogen-bond donors (Lipinski definition) is 0. The molecule has 0 bridgehead atoms. The summed E-state index contributed by atoms with van der Waals surface area (Å²) in [6, 6.07) is 7.66. The maximum Gasteiger partial charge on any atom is 0.253 e. The van der Waals surface area contributed by atoms with Gasteiger partial charge < -0.3 is 9.80 Å². The second-order valence-electron chi connectivity index (χ2n) is 7.89. The standard InChI is InChI=1S/C21H28N2O2/c24-20-7-3-4-13-23(20)19-10-8-17(9-11-19)21(25)22-14-12-16-5-1-2-6-18(16)15-22/h8-11,16,18H,1-7,12-15H2/t16-,18+/m0/s1. The van der Waals surface area contributed by atoms with Crippen molar-refractivity contribution in [3.8, 4) is 0 Å². The number of carbonyl (C=O) groups is 2. The van der Waals surface area contributed by atoms with Gasteiger partial charge in [0.05, 0.1) is 0 Å². The minimum atomic E-state index is 0.153. The van der Waals surface area contributed by atoms with E-state index in [-0.39, 0.29) is 11.8 Å². The van der Waals surface area contributed by atoms with Crippen molar-refractivity contribution in [2.45, 2.75) is 51.4 Å². The molecule has 0 radical (unpaired) electrons. The van der Waals surface area contributed by atoms with Crippen LogP contribution in [0.2, 0.25) is 0 Å². The Bertz CT molecular complexity index is 640. The second kappa shape index (κ2) is 7.19. The Morgan fingerprint density at radius 1 is 0.880 bits per heavy atom. The molecule has 134 valence electrons. The fourth-order valence-electron chi connectivity index (χ4n) is 4.83. The van der Waals surface area contributed by atoms with Crippen LogP contribution in [0.4, 0.5) is 5.69 Å². The van der Waals surface area contributed by atoms with E-state index in [0.717, 1.165) is 56.1 Å². The minimum Gasteiger partial charge on any atom is -0.338 e. The topological polar surface area (TPSA) is 40.6 Å². The molecule has 4 nitrogen and oxygen atoms in total. The lowest BCUT2D eigenvalue weighted by Crippen LogP contribution is -2.44. The fourth-order valence-corrected chi connectivity index (χ4v) is 4.83. The van der Waals surface area contributed by atoms with Crippen LogP contribution in [0.15, 0.2) is 24.3 Å². The molecule has 2 amide bonds. The first-order chi connectivity index (χ1) is 12.2. The number of anilines is 1. The first-order valence-corrected chi connectivity index (χ1v) is 9.92. The molecule has 0 spiro atoms. The van der Waals surface area contributed by atoms with E-state index in [1.807, 2.05) is 34.1 Å². The summed E-state index contributed by atoms with van der Waals surface area (Å²) in [5.74, 6) is 1.90. The van der Waals surface area contributed by atoms with Gasteiger partial charge in [0.1, 0.15) is 0 Å². The molecule has 3 aliphatic rings. The van der Waals surface area contributed by atoms with Gasteiger partial charge in [-0.2, -0.15) is 0 Å². The molecular formula is C21H28N2O2. The van der Waals surface area contributed by atoms with E-state index in [1.54, 1.807) is 0 Å². The van der Waals surface area contributed by atoms with Crippen LogP contribution < -0.4 is 4.90 Å². The van der Waals surface area contributed by atoms with Gasteiger partial charge in [0.25, 0.3) is 5.91 Å². The number of hydrogen-bond acceptors (Lipinski definition) is 2. The van der Waals surface area contributed by atoms with Gasteiger partial charge >= 0.3 is 0 Å². The summed E-state index contributed by atoms with van der Waals surface area (Å²) in [6.07, 6.45) is 9.17. The molecule has 2 aliphatic heterocycles. The highest BCUT2D eigenvalue weighted by atomic mass is 16.2. The second-order valence-corrected chi connectivity index (χ2v) is 7.89. The molecule has 0 N–H and O–H groups in total. The quantitative estimate of drug-likeness (QED) is 0.820. The number of nitrogens with zero attached hydrogens (tertiary/aromatic N) is 2. The minimum absolute atomic E-state index is 0.153. The Labute approximate surface area is 150 Å². The monoisotopic (exact) mass is 340 g/mol. The van der Waals surface area contributed by atoms with Gasteiger partial charge in [-0.25, -0.2) is 0 Å². The van der Waals surface area contributed by atoms with Crippen LogP contribution in [0, 0.1) is 11.8 Å². The molecule has 1 saturated carbocycles. The van der Waals surface area contributed by atoms with Crippen molar-refractivity contribution >= 4 is 17.5 Å². The number of amides is 2. The Kier molecular flexibility index (Phi) is 4.78. The van der Waals surface area contributed by atoms with Crippen molar-refractivity contribution in [3.63, 3.8) is 0 Å². The zero-order chi connectivity index (χ0) is 17.2. The van der Waals surface area contributed by atoms with Crippen LogP contribution in [-0.4, -0.2) is 36.3 Å². The van der Waals surface area contributed by atoms with E-state index < -0.39 is 0 Å². The van der Waals surface area contributed by atoms with Crippen molar-refractivity contribution in [2.24, 2.45) is 11.8 Å². The molecule has 4 rings (SSSR count). The van der Waals surface area contributed by atoms with E-state index in [4.69, 9.17) is 0 Å². The summed E-state index contributed by atoms with van der Waals surface area (Å²) in [4.78, 5) is 28.8. The number of likely N-dealkylation sites (tertiary alicyclic amines) is 1.